The monoisotopic (exact) mass is 307 g/mol. The molecule has 3 heteroatoms. The van der Waals surface area contributed by atoms with Crippen LogP contribution in [0.5, 0.6) is 0 Å². The first kappa shape index (κ1) is 22.5. The SMILES string of the molecule is CCCCCCCCCCCCCCCC(Cl)NC.O. The molecule has 0 aliphatic rings. The number of hydrogen-bond acceptors (Lipinski definition) is 1. The van der Waals surface area contributed by atoms with Crippen molar-refractivity contribution < 1.29 is 5.48 Å². The molecule has 2 nitrogen and oxygen atoms in total. The van der Waals surface area contributed by atoms with Crippen LogP contribution in [0, 0.1) is 0 Å². The van der Waals surface area contributed by atoms with Crippen LogP contribution in [-0.2, 0) is 0 Å². The lowest BCUT2D eigenvalue weighted by molar-refractivity contribution is 0.528. The molecule has 0 saturated carbocycles. The molecule has 0 aliphatic carbocycles. The first-order chi connectivity index (χ1) is 9.31. The van der Waals surface area contributed by atoms with E-state index in [1.165, 1.54) is 83.5 Å². The van der Waals surface area contributed by atoms with Gasteiger partial charge in [0.2, 0.25) is 0 Å². The lowest BCUT2D eigenvalue weighted by atomic mass is 10.0. The first-order valence-corrected chi connectivity index (χ1v) is 9.06. The summed E-state index contributed by atoms with van der Waals surface area (Å²) in [6.45, 7) is 2.28. The van der Waals surface area contributed by atoms with Crippen LogP contribution >= 0.6 is 11.6 Å². The summed E-state index contributed by atoms with van der Waals surface area (Å²) in [5.41, 5.74) is 0.174. The summed E-state index contributed by atoms with van der Waals surface area (Å²) in [4.78, 5) is 0. The van der Waals surface area contributed by atoms with Crippen molar-refractivity contribution in [1.82, 2.24) is 5.32 Å². The average Bonchev–Trinajstić information content (AvgIpc) is 2.43. The molecule has 0 spiro atoms. The van der Waals surface area contributed by atoms with Crippen LogP contribution in [0.1, 0.15) is 96.8 Å². The largest absolute Gasteiger partial charge is 0.412 e. The van der Waals surface area contributed by atoms with Gasteiger partial charge in [0.25, 0.3) is 0 Å². The number of halogens is 1. The molecule has 0 radical (unpaired) electrons. The van der Waals surface area contributed by atoms with Gasteiger partial charge in [-0.25, -0.2) is 0 Å². The Morgan fingerprint density at radius 3 is 1.40 bits per heavy atom. The molecule has 0 rings (SSSR count). The van der Waals surface area contributed by atoms with E-state index in [0.29, 0.717) is 0 Å². The van der Waals surface area contributed by atoms with Gasteiger partial charge in [0, 0.05) is 0 Å². The van der Waals surface area contributed by atoms with Crippen molar-refractivity contribution in [3.05, 3.63) is 0 Å². The number of unbranched alkanes of at least 4 members (excludes halogenated alkanes) is 12. The summed E-state index contributed by atoms with van der Waals surface area (Å²) >= 11 is 6.00. The lowest BCUT2D eigenvalue weighted by Gasteiger charge is -2.07. The maximum Gasteiger partial charge on any atom is 0.0823 e. The van der Waals surface area contributed by atoms with Crippen molar-refractivity contribution in [3.8, 4) is 0 Å². The Balaban J connectivity index is 0. The van der Waals surface area contributed by atoms with Crippen LogP contribution in [0.2, 0.25) is 0 Å². The zero-order valence-electron chi connectivity index (χ0n) is 13.9. The van der Waals surface area contributed by atoms with E-state index >= 15 is 0 Å². The van der Waals surface area contributed by atoms with E-state index in [1.54, 1.807) is 0 Å². The minimum atomic E-state index is 0. The topological polar surface area (TPSA) is 43.5 Å². The second-order valence-electron chi connectivity index (χ2n) is 5.79. The van der Waals surface area contributed by atoms with Crippen molar-refractivity contribution in [2.45, 2.75) is 102 Å². The zero-order chi connectivity index (χ0) is 14.2. The van der Waals surface area contributed by atoms with Crippen LogP contribution in [0.15, 0.2) is 0 Å². The average molecular weight is 308 g/mol. The molecule has 124 valence electrons. The lowest BCUT2D eigenvalue weighted by Crippen LogP contribution is -2.17. The van der Waals surface area contributed by atoms with Crippen LogP contribution in [0.4, 0.5) is 0 Å². The predicted molar refractivity (Wildman–Crippen MR) is 92.6 cm³/mol. The molecule has 0 fully saturated rings. The summed E-state index contributed by atoms with van der Waals surface area (Å²) in [5.74, 6) is 0. The quantitative estimate of drug-likeness (QED) is 0.245. The molecule has 0 heterocycles. The highest BCUT2D eigenvalue weighted by Gasteiger charge is 1.99. The molecular formula is C17H38ClNO. The third-order valence-corrected chi connectivity index (χ3v) is 4.31. The Morgan fingerprint density at radius 1 is 0.700 bits per heavy atom. The van der Waals surface area contributed by atoms with Crippen molar-refractivity contribution >= 4 is 11.6 Å². The van der Waals surface area contributed by atoms with Crippen LogP contribution in [-0.4, -0.2) is 18.0 Å². The highest BCUT2D eigenvalue weighted by Crippen LogP contribution is 2.13. The van der Waals surface area contributed by atoms with Gasteiger partial charge in [-0.3, -0.25) is 0 Å². The fourth-order valence-electron chi connectivity index (χ4n) is 2.49. The molecule has 0 saturated heterocycles. The second-order valence-corrected chi connectivity index (χ2v) is 6.31. The van der Waals surface area contributed by atoms with Gasteiger partial charge in [0.15, 0.2) is 0 Å². The van der Waals surface area contributed by atoms with Gasteiger partial charge < -0.3 is 10.8 Å². The first-order valence-electron chi connectivity index (χ1n) is 8.62. The molecule has 0 aromatic rings. The van der Waals surface area contributed by atoms with Gasteiger partial charge in [-0.2, -0.15) is 0 Å². The minimum Gasteiger partial charge on any atom is -0.412 e. The zero-order valence-corrected chi connectivity index (χ0v) is 14.6. The third kappa shape index (κ3) is 18.2. The Bertz CT molecular complexity index is 167. The highest BCUT2D eigenvalue weighted by molar-refractivity contribution is 6.20. The van der Waals surface area contributed by atoms with Crippen LogP contribution in [0.25, 0.3) is 0 Å². The predicted octanol–water partition coefficient (Wildman–Crippen LogP) is 5.43. The van der Waals surface area contributed by atoms with E-state index in [-0.39, 0.29) is 11.0 Å². The normalized spacial score (nSPS) is 12.2. The van der Waals surface area contributed by atoms with E-state index in [2.05, 4.69) is 12.2 Å². The van der Waals surface area contributed by atoms with Crippen LogP contribution in [0.3, 0.4) is 0 Å². The summed E-state index contributed by atoms with van der Waals surface area (Å²) in [6.07, 6.45) is 19.5. The van der Waals surface area contributed by atoms with Gasteiger partial charge >= 0.3 is 0 Å². The molecule has 0 aromatic carbocycles. The van der Waals surface area contributed by atoms with Crippen molar-refractivity contribution in [2.75, 3.05) is 7.05 Å². The van der Waals surface area contributed by atoms with E-state index in [1.807, 2.05) is 7.05 Å². The Kier molecular flexibility index (Phi) is 21.6. The minimum absolute atomic E-state index is 0. The summed E-state index contributed by atoms with van der Waals surface area (Å²) in [7, 11) is 1.93. The molecule has 0 aliphatic heterocycles. The van der Waals surface area contributed by atoms with Crippen molar-refractivity contribution in [2.24, 2.45) is 0 Å². The molecule has 0 amide bonds. The van der Waals surface area contributed by atoms with Crippen molar-refractivity contribution in [1.29, 1.82) is 0 Å². The fourth-order valence-corrected chi connectivity index (χ4v) is 2.64. The molecule has 1 unspecified atom stereocenters. The van der Waals surface area contributed by atoms with Gasteiger partial charge in [0.1, 0.15) is 0 Å². The van der Waals surface area contributed by atoms with Crippen LogP contribution < -0.4 is 5.32 Å². The van der Waals surface area contributed by atoms with Gasteiger partial charge in [-0.05, 0) is 13.5 Å². The number of hydrogen-bond donors (Lipinski definition) is 1. The standard InChI is InChI=1S/C17H36ClN.H2O/c1-3-4-5-6-7-8-9-10-11-12-13-14-15-16-17(18)19-2;/h17,19H,3-16H2,1-2H3;1H2. The molecule has 0 aromatic heterocycles. The number of alkyl halides is 1. The van der Waals surface area contributed by atoms with E-state index in [9.17, 15) is 0 Å². The molecule has 3 N–H and O–H groups in total. The molecule has 20 heavy (non-hydrogen) atoms. The fraction of sp³-hybridized carbons (Fsp3) is 1.00. The summed E-state index contributed by atoms with van der Waals surface area (Å²) in [5, 5.41) is 3.07. The number of nitrogens with one attached hydrogen (secondary N) is 1. The number of rotatable bonds is 15. The Hall–Kier alpha value is 0.210. The summed E-state index contributed by atoms with van der Waals surface area (Å²) < 4.78 is 0. The Morgan fingerprint density at radius 2 is 1.05 bits per heavy atom. The van der Waals surface area contributed by atoms with Crippen molar-refractivity contribution in [3.63, 3.8) is 0 Å². The van der Waals surface area contributed by atoms with E-state index < -0.39 is 0 Å². The van der Waals surface area contributed by atoms with E-state index in [0.717, 1.165) is 6.42 Å². The van der Waals surface area contributed by atoms with Gasteiger partial charge in [-0.1, -0.05) is 90.4 Å². The van der Waals surface area contributed by atoms with E-state index in [4.69, 9.17) is 11.6 Å². The third-order valence-electron chi connectivity index (χ3n) is 3.87. The summed E-state index contributed by atoms with van der Waals surface area (Å²) in [6, 6.07) is 0. The van der Waals surface area contributed by atoms with Gasteiger partial charge in [0.05, 0.1) is 5.50 Å². The Labute approximate surface area is 132 Å². The highest BCUT2D eigenvalue weighted by atomic mass is 35.5. The molecule has 0 bridgehead atoms. The van der Waals surface area contributed by atoms with Gasteiger partial charge in [-0.15, -0.1) is 11.6 Å². The molecular weight excluding hydrogens is 270 g/mol. The molecule has 1 atom stereocenters. The maximum atomic E-state index is 6.00. The smallest absolute Gasteiger partial charge is 0.0823 e. The maximum absolute atomic E-state index is 6.00. The second kappa shape index (κ2) is 19.2.